The van der Waals surface area contributed by atoms with Gasteiger partial charge in [0.15, 0.2) is 17.5 Å². The van der Waals surface area contributed by atoms with Crippen molar-refractivity contribution >= 4 is 22.5 Å². The lowest BCUT2D eigenvalue weighted by molar-refractivity contribution is 1.05. The van der Waals surface area contributed by atoms with E-state index in [1.807, 2.05) is 84.9 Å². The Morgan fingerprint density at radius 3 is 1.72 bits per heavy atom. The van der Waals surface area contributed by atoms with Gasteiger partial charge < -0.3 is 0 Å². The number of fused-ring (bicyclic) bond motifs is 1. The van der Waals surface area contributed by atoms with E-state index in [1.54, 1.807) is 0 Å². The first-order valence-corrected chi connectivity index (χ1v) is 9.45. The van der Waals surface area contributed by atoms with Crippen molar-refractivity contribution in [1.29, 1.82) is 0 Å². The van der Waals surface area contributed by atoms with E-state index in [0.29, 0.717) is 23.2 Å². The molecule has 0 aliphatic carbocycles. The van der Waals surface area contributed by atoms with Crippen molar-refractivity contribution in [3.63, 3.8) is 0 Å². The molecule has 2 aromatic heterocycles. The number of nitrogens with zero attached hydrogens (tertiary/aromatic N) is 5. The summed E-state index contributed by atoms with van der Waals surface area (Å²) in [6, 6.07) is 27.3. The van der Waals surface area contributed by atoms with Crippen LogP contribution in [0.5, 0.6) is 0 Å². The van der Waals surface area contributed by atoms with Gasteiger partial charge in [-0.15, -0.1) is 0 Å². The molecule has 5 nitrogen and oxygen atoms in total. The predicted molar refractivity (Wildman–Crippen MR) is 114 cm³/mol. The Bertz CT molecular complexity index is 1310. The first-order valence-electron chi connectivity index (χ1n) is 9.07. The summed E-state index contributed by atoms with van der Waals surface area (Å²) in [5.74, 6) is 1.53. The number of hydrogen-bond acceptors (Lipinski definition) is 5. The van der Waals surface area contributed by atoms with Gasteiger partial charge in [-0.05, 0) is 17.7 Å². The van der Waals surface area contributed by atoms with Gasteiger partial charge in [0, 0.05) is 16.5 Å². The van der Waals surface area contributed by atoms with Crippen LogP contribution in [0.15, 0.2) is 84.9 Å². The van der Waals surface area contributed by atoms with Crippen molar-refractivity contribution in [3.05, 3.63) is 90.2 Å². The van der Waals surface area contributed by atoms with Crippen LogP contribution in [-0.4, -0.2) is 24.9 Å². The highest BCUT2D eigenvalue weighted by atomic mass is 35.5. The largest absolute Gasteiger partial charge is 0.228 e. The van der Waals surface area contributed by atoms with Gasteiger partial charge in [0.2, 0.25) is 5.28 Å². The number of para-hydroxylation sites is 1. The third kappa shape index (κ3) is 3.44. The Hall–Kier alpha value is -3.70. The van der Waals surface area contributed by atoms with E-state index < -0.39 is 0 Å². The molecule has 29 heavy (non-hydrogen) atoms. The van der Waals surface area contributed by atoms with Crippen LogP contribution in [0.4, 0.5) is 0 Å². The number of aromatic nitrogens is 5. The molecule has 0 spiro atoms. The zero-order chi connectivity index (χ0) is 19.6. The lowest BCUT2D eigenvalue weighted by atomic mass is 10.1. The average molecular weight is 396 g/mol. The van der Waals surface area contributed by atoms with Gasteiger partial charge in [-0.1, -0.05) is 78.9 Å². The van der Waals surface area contributed by atoms with Crippen LogP contribution in [0, 0.1) is 0 Å². The number of rotatable bonds is 3. The molecular formula is C23H14ClN5. The van der Waals surface area contributed by atoms with Gasteiger partial charge in [0.1, 0.15) is 5.69 Å². The van der Waals surface area contributed by atoms with Crippen molar-refractivity contribution in [1.82, 2.24) is 24.9 Å². The normalized spacial score (nSPS) is 10.9. The van der Waals surface area contributed by atoms with E-state index in [4.69, 9.17) is 21.6 Å². The van der Waals surface area contributed by atoms with Crippen molar-refractivity contribution in [2.75, 3.05) is 0 Å². The molecule has 3 aromatic carbocycles. The highest BCUT2D eigenvalue weighted by molar-refractivity contribution is 6.28. The molecule has 0 N–H and O–H groups in total. The van der Waals surface area contributed by atoms with E-state index in [2.05, 4.69) is 15.0 Å². The Morgan fingerprint density at radius 2 is 1.03 bits per heavy atom. The van der Waals surface area contributed by atoms with Crippen LogP contribution in [-0.2, 0) is 0 Å². The number of halogens is 1. The van der Waals surface area contributed by atoms with Crippen LogP contribution in [0.3, 0.4) is 0 Å². The fourth-order valence-corrected chi connectivity index (χ4v) is 3.30. The smallest absolute Gasteiger partial charge is 0.226 e. The molecule has 0 bridgehead atoms. The summed E-state index contributed by atoms with van der Waals surface area (Å²) in [5.41, 5.74) is 3.22. The minimum Gasteiger partial charge on any atom is -0.228 e. The third-order valence-electron chi connectivity index (χ3n) is 4.49. The summed E-state index contributed by atoms with van der Waals surface area (Å²) >= 11 is 6.25. The highest BCUT2D eigenvalue weighted by Crippen LogP contribution is 2.28. The number of benzene rings is 3. The molecule has 0 saturated heterocycles. The van der Waals surface area contributed by atoms with Crippen LogP contribution in [0.2, 0.25) is 5.28 Å². The van der Waals surface area contributed by atoms with Gasteiger partial charge in [-0.25, -0.2) is 15.0 Å². The van der Waals surface area contributed by atoms with Crippen molar-refractivity contribution < 1.29 is 0 Å². The molecule has 5 rings (SSSR count). The molecule has 0 amide bonds. The molecule has 0 saturated carbocycles. The molecule has 2 heterocycles. The van der Waals surface area contributed by atoms with Crippen LogP contribution >= 0.6 is 11.6 Å². The molecule has 0 radical (unpaired) electrons. The van der Waals surface area contributed by atoms with Crippen LogP contribution in [0.25, 0.3) is 45.2 Å². The molecule has 0 fully saturated rings. The van der Waals surface area contributed by atoms with Gasteiger partial charge in [-0.2, -0.15) is 9.97 Å². The maximum absolute atomic E-state index is 6.25. The summed E-state index contributed by atoms with van der Waals surface area (Å²) in [6.45, 7) is 0. The summed E-state index contributed by atoms with van der Waals surface area (Å²) < 4.78 is 0. The second-order valence-corrected chi connectivity index (χ2v) is 6.73. The van der Waals surface area contributed by atoms with Gasteiger partial charge in [0.05, 0.1) is 5.52 Å². The lowest BCUT2D eigenvalue weighted by Gasteiger charge is -2.09. The number of hydrogen-bond donors (Lipinski definition) is 0. The third-order valence-corrected chi connectivity index (χ3v) is 4.66. The van der Waals surface area contributed by atoms with Crippen molar-refractivity contribution in [3.8, 4) is 34.3 Å². The minimum absolute atomic E-state index is 0.123. The summed E-state index contributed by atoms with van der Waals surface area (Å²) in [7, 11) is 0. The Balaban J connectivity index is 1.76. The maximum atomic E-state index is 6.25. The predicted octanol–water partition coefficient (Wildman–Crippen LogP) is 5.47. The lowest BCUT2D eigenvalue weighted by Crippen LogP contribution is -2.01. The fraction of sp³-hybridized carbons (Fsp3) is 0. The summed E-state index contributed by atoms with van der Waals surface area (Å²) in [4.78, 5) is 22.8. The first-order chi connectivity index (χ1) is 14.3. The average Bonchev–Trinajstić information content (AvgIpc) is 2.79. The van der Waals surface area contributed by atoms with Crippen LogP contribution in [0.1, 0.15) is 0 Å². The molecule has 0 aliphatic rings. The SMILES string of the molecule is Clc1nc(-c2ccccc2)nc(-c2nc(-c3ccccc3)nc3ccccc23)n1. The Kier molecular flexibility index (Phi) is 4.42. The van der Waals surface area contributed by atoms with Crippen LogP contribution < -0.4 is 0 Å². The zero-order valence-electron chi connectivity index (χ0n) is 15.2. The topological polar surface area (TPSA) is 64.5 Å². The van der Waals surface area contributed by atoms with Gasteiger partial charge in [0.25, 0.3) is 0 Å². The van der Waals surface area contributed by atoms with Crippen molar-refractivity contribution in [2.45, 2.75) is 0 Å². The maximum Gasteiger partial charge on any atom is 0.226 e. The molecule has 6 heteroatoms. The van der Waals surface area contributed by atoms with E-state index in [0.717, 1.165) is 22.0 Å². The van der Waals surface area contributed by atoms with E-state index in [-0.39, 0.29) is 5.28 Å². The first kappa shape index (κ1) is 17.4. The standard InChI is InChI=1S/C23H14ClN5/c24-23-28-21(16-11-5-2-6-12-16)27-22(29-23)19-17-13-7-8-14-18(17)25-20(26-19)15-9-3-1-4-10-15/h1-14H. The van der Waals surface area contributed by atoms with Gasteiger partial charge >= 0.3 is 0 Å². The summed E-state index contributed by atoms with van der Waals surface area (Å²) in [6.07, 6.45) is 0. The van der Waals surface area contributed by atoms with Crippen molar-refractivity contribution in [2.24, 2.45) is 0 Å². The van der Waals surface area contributed by atoms with E-state index in [1.165, 1.54) is 0 Å². The minimum atomic E-state index is 0.123. The van der Waals surface area contributed by atoms with E-state index >= 15 is 0 Å². The fourth-order valence-electron chi connectivity index (χ4n) is 3.14. The quantitative estimate of drug-likeness (QED) is 0.405. The molecular weight excluding hydrogens is 382 g/mol. The molecule has 0 atom stereocenters. The zero-order valence-corrected chi connectivity index (χ0v) is 16.0. The second-order valence-electron chi connectivity index (χ2n) is 6.40. The molecule has 0 aliphatic heterocycles. The molecule has 5 aromatic rings. The monoisotopic (exact) mass is 395 g/mol. The summed E-state index contributed by atoms with van der Waals surface area (Å²) in [5, 5.41) is 0.978. The highest BCUT2D eigenvalue weighted by Gasteiger charge is 2.16. The van der Waals surface area contributed by atoms with E-state index in [9.17, 15) is 0 Å². The molecule has 138 valence electrons. The Morgan fingerprint density at radius 1 is 0.483 bits per heavy atom. The second kappa shape index (κ2) is 7.37. The molecule has 0 unspecified atom stereocenters. The Labute approximate surface area is 172 Å². The van der Waals surface area contributed by atoms with Gasteiger partial charge in [-0.3, -0.25) is 0 Å².